The monoisotopic (exact) mass is 245 g/mol. The molecule has 0 bridgehead atoms. The lowest BCUT2D eigenvalue weighted by Crippen LogP contribution is -2.07. The van der Waals surface area contributed by atoms with Crippen LogP contribution in [0.2, 0.25) is 0 Å². The SMILES string of the molecule is CCOC(=O)c1sc(NCCOC)nc1N. The molecule has 0 fully saturated rings. The molecule has 0 aliphatic heterocycles. The minimum absolute atomic E-state index is 0.198. The van der Waals surface area contributed by atoms with Crippen molar-refractivity contribution in [3.63, 3.8) is 0 Å². The maximum Gasteiger partial charge on any atom is 0.352 e. The highest BCUT2D eigenvalue weighted by atomic mass is 32.1. The normalized spacial score (nSPS) is 10.1. The number of rotatable bonds is 6. The third-order valence-corrected chi connectivity index (χ3v) is 2.71. The number of aromatic nitrogens is 1. The van der Waals surface area contributed by atoms with E-state index in [0.717, 1.165) is 0 Å². The Kier molecular flexibility index (Phi) is 5.00. The topological polar surface area (TPSA) is 86.5 Å². The number of ether oxygens (including phenoxy) is 2. The molecule has 0 atom stereocenters. The summed E-state index contributed by atoms with van der Waals surface area (Å²) in [6.07, 6.45) is 0. The van der Waals surface area contributed by atoms with Crippen molar-refractivity contribution < 1.29 is 14.3 Å². The Balaban J connectivity index is 2.62. The fraction of sp³-hybridized carbons (Fsp3) is 0.556. The summed E-state index contributed by atoms with van der Waals surface area (Å²) in [5.74, 6) is -0.236. The van der Waals surface area contributed by atoms with E-state index in [1.165, 1.54) is 11.3 Å². The Labute approximate surface area is 97.8 Å². The number of nitrogens with zero attached hydrogens (tertiary/aromatic N) is 1. The van der Waals surface area contributed by atoms with Crippen LogP contribution in [0, 0.1) is 0 Å². The van der Waals surface area contributed by atoms with Gasteiger partial charge in [-0.15, -0.1) is 0 Å². The molecule has 0 unspecified atom stereocenters. The Morgan fingerprint density at radius 3 is 3.00 bits per heavy atom. The number of hydrogen-bond acceptors (Lipinski definition) is 7. The number of hydrogen-bond donors (Lipinski definition) is 2. The molecule has 1 rings (SSSR count). The van der Waals surface area contributed by atoms with E-state index < -0.39 is 5.97 Å². The molecular weight excluding hydrogens is 230 g/mol. The zero-order valence-electron chi connectivity index (χ0n) is 9.28. The smallest absolute Gasteiger partial charge is 0.352 e. The number of nitrogen functional groups attached to an aromatic ring is 1. The first-order valence-electron chi connectivity index (χ1n) is 4.85. The molecule has 0 aliphatic carbocycles. The highest BCUT2D eigenvalue weighted by molar-refractivity contribution is 7.17. The molecule has 3 N–H and O–H groups in total. The summed E-state index contributed by atoms with van der Waals surface area (Å²) in [6.45, 7) is 3.25. The average Bonchev–Trinajstić information content (AvgIpc) is 2.61. The number of thiazole rings is 1. The van der Waals surface area contributed by atoms with Crippen LogP contribution in [0.25, 0.3) is 0 Å². The van der Waals surface area contributed by atoms with Gasteiger partial charge in [-0.3, -0.25) is 0 Å². The number of esters is 1. The van der Waals surface area contributed by atoms with Gasteiger partial charge in [-0.25, -0.2) is 9.78 Å². The van der Waals surface area contributed by atoms with Crippen LogP contribution in [0.5, 0.6) is 0 Å². The number of methoxy groups -OCH3 is 1. The molecule has 0 saturated heterocycles. The predicted molar refractivity (Wildman–Crippen MR) is 62.8 cm³/mol. The van der Waals surface area contributed by atoms with Crippen LogP contribution in [0.15, 0.2) is 0 Å². The molecule has 1 aromatic rings. The lowest BCUT2D eigenvalue weighted by atomic mass is 10.5. The Morgan fingerprint density at radius 2 is 2.38 bits per heavy atom. The highest BCUT2D eigenvalue weighted by Gasteiger charge is 2.16. The lowest BCUT2D eigenvalue weighted by molar-refractivity contribution is 0.0533. The summed E-state index contributed by atoms with van der Waals surface area (Å²) in [5, 5.41) is 3.59. The molecule has 90 valence electrons. The second-order valence-corrected chi connectivity index (χ2v) is 3.87. The Bertz CT molecular complexity index is 354. The van der Waals surface area contributed by atoms with Gasteiger partial charge in [0.15, 0.2) is 15.8 Å². The van der Waals surface area contributed by atoms with Crippen LogP contribution >= 0.6 is 11.3 Å². The van der Waals surface area contributed by atoms with Gasteiger partial charge in [-0.05, 0) is 6.92 Å². The summed E-state index contributed by atoms with van der Waals surface area (Å²) in [7, 11) is 1.61. The first kappa shape index (κ1) is 12.7. The van der Waals surface area contributed by atoms with E-state index in [9.17, 15) is 4.79 Å². The molecule has 1 aromatic heterocycles. The van der Waals surface area contributed by atoms with Gasteiger partial charge in [0.2, 0.25) is 0 Å². The van der Waals surface area contributed by atoms with E-state index in [1.54, 1.807) is 14.0 Å². The molecule has 16 heavy (non-hydrogen) atoms. The average molecular weight is 245 g/mol. The summed E-state index contributed by atoms with van der Waals surface area (Å²) in [4.78, 5) is 15.8. The van der Waals surface area contributed by atoms with Gasteiger partial charge in [-0.2, -0.15) is 0 Å². The summed E-state index contributed by atoms with van der Waals surface area (Å²) in [6, 6.07) is 0. The van der Waals surface area contributed by atoms with Crippen molar-refractivity contribution >= 4 is 28.3 Å². The fourth-order valence-electron chi connectivity index (χ4n) is 1.01. The molecule has 0 radical (unpaired) electrons. The van der Waals surface area contributed by atoms with E-state index in [-0.39, 0.29) is 5.82 Å². The summed E-state index contributed by atoms with van der Waals surface area (Å²) >= 11 is 1.18. The predicted octanol–water partition coefficient (Wildman–Crippen LogP) is 0.960. The number of anilines is 2. The number of nitrogens with one attached hydrogen (secondary N) is 1. The van der Waals surface area contributed by atoms with Crippen LogP contribution < -0.4 is 11.1 Å². The molecule has 0 aliphatic rings. The van der Waals surface area contributed by atoms with E-state index in [0.29, 0.717) is 29.8 Å². The quantitative estimate of drug-likeness (QED) is 0.573. The minimum atomic E-state index is -0.433. The van der Waals surface area contributed by atoms with Gasteiger partial charge >= 0.3 is 5.97 Å². The van der Waals surface area contributed by atoms with Crippen molar-refractivity contribution in [2.45, 2.75) is 6.92 Å². The fourth-order valence-corrected chi connectivity index (χ4v) is 1.81. The molecule has 1 heterocycles. The van der Waals surface area contributed by atoms with Crippen molar-refractivity contribution in [1.82, 2.24) is 4.98 Å². The van der Waals surface area contributed by atoms with E-state index >= 15 is 0 Å². The van der Waals surface area contributed by atoms with E-state index in [2.05, 4.69) is 10.3 Å². The summed E-state index contributed by atoms with van der Waals surface area (Å²) < 4.78 is 9.72. The van der Waals surface area contributed by atoms with Gasteiger partial charge in [0.1, 0.15) is 0 Å². The van der Waals surface area contributed by atoms with Gasteiger partial charge in [0, 0.05) is 13.7 Å². The van der Waals surface area contributed by atoms with Gasteiger partial charge in [0.05, 0.1) is 13.2 Å². The molecule has 6 nitrogen and oxygen atoms in total. The maximum absolute atomic E-state index is 11.4. The third-order valence-electron chi connectivity index (χ3n) is 1.70. The standard InChI is InChI=1S/C9H15N3O3S/c1-3-15-8(13)6-7(10)12-9(16-6)11-4-5-14-2/h3-5,10H2,1-2H3,(H,11,12). The number of nitrogens with two attached hydrogens (primary N) is 1. The van der Waals surface area contributed by atoms with Crippen LogP contribution in [0.3, 0.4) is 0 Å². The molecule has 0 saturated carbocycles. The maximum atomic E-state index is 11.4. The second-order valence-electron chi connectivity index (χ2n) is 2.87. The number of carbonyl (C=O) groups excluding carboxylic acids is 1. The zero-order valence-corrected chi connectivity index (χ0v) is 10.1. The molecule has 0 aromatic carbocycles. The van der Waals surface area contributed by atoms with Crippen molar-refractivity contribution in [2.75, 3.05) is 37.9 Å². The Hall–Kier alpha value is -1.34. The van der Waals surface area contributed by atoms with Gasteiger partial charge in [-0.1, -0.05) is 11.3 Å². The van der Waals surface area contributed by atoms with E-state index in [4.69, 9.17) is 15.2 Å². The Morgan fingerprint density at radius 1 is 1.62 bits per heavy atom. The van der Waals surface area contributed by atoms with Crippen molar-refractivity contribution in [3.8, 4) is 0 Å². The minimum Gasteiger partial charge on any atom is -0.462 e. The second kappa shape index (κ2) is 6.29. The van der Waals surface area contributed by atoms with Gasteiger partial charge in [0.25, 0.3) is 0 Å². The first-order valence-corrected chi connectivity index (χ1v) is 5.67. The zero-order chi connectivity index (χ0) is 12.0. The van der Waals surface area contributed by atoms with Crippen molar-refractivity contribution in [3.05, 3.63) is 4.88 Å². The molecule has 7 heteroatoms. The van der Waals surface area contributed by atoms with Gasteiger partial charge < -0.3 is 20.5 Å². The highest BCUT2D eigenvalue weighted by Crippen LogP contribution is 2.25. The van der Waals surface area contributed by atoms with E-state index in [1.807, 2.05) is 0 Å². The molecule has 0 amide bonds. The molecule has 0 spiro atoms. The summed E-state index contributed by atoms with van der Waals surface area (Å²) in [5.41, 5.74) is 5.60. The first-order chi connectivity index (χ1) is 7.69. The largest absolute Gasteiger partial charge is 0.462 e. The van der Waals surface area contributed by atoms with Crippen LogP contribution in [0.1, 0.15) is 16.6 Å². The lowest BCUT2D eigenvalue weighted by Gasteiger charge is -1.99. The van der Waals surface area contributed by atoms with Crippen molar-refractivity contribution in [1.29, 1.82) is 0 Å². The molecular formula is C9H15N3O3S. The van der Waals surface area contributed by atoms with Crippen LogP contribution in [-0.2, 0) is 9.47 Å². The number of carbonyl (C=O) groups is 1. The van der Waals surface area contributed by atoms with Crippen molar-refractivity contribution in [2.24, 2.45) is 0 Å². The van der Waals surface area contributed by atoms with Crippen LogP contribution in [-0.4, -0.2) is 37.8 Å². The third kappa shape index (κ3) is 3.35. The van der Waals surface area contributed by atoms with Crippen LogP contribution in [0.4, 0.5) is 10.9 Å².